The normalized spacial score (nSPS) is 19.9. The zero-order valence-corrected chi connectivity index (χ0v) is 24.4. The van der Waals surface area contributed by atoms with Crippen LogP contribution in [0.5, 0.6) is 0 Å². The van der Waals surface area contributed by atoms with Crippen molar-refractivity contribution in [3.05, 3.63) is 70.8 Å². The van der Waals surface area contributed by atoms with Gasteiger partial charge in [0.2, 0.25) is 0 Å². The molecule has 42 heavy (non-hydrogen) atoms. The Morgan fingerprint density at radius 3 is 2.48 bits per heavy atom. The third kappa shape index (κ3) is 4.01. The number of carbonyl (C=O) groups excluding carboxylic acids is 3. The highest BCUT2D eigenvalue weighted by atomic mass is 19.1. The van der Waals surface area contributed by atoms with E-state index in [-0.39, 0.29) is 28.3 Å². The minimum atomic E-state index is -0.607. The molecule has 7 rings (SSSR count). The number of hydrogen-bond donors (Lipinski definition) is 2. The molecular formula is C33H33FN4O4. The van der Waals surface area contributed by atoms with Crippen LogP contribution in [0, 0.1) is 5.82 Å². The van der Waals surface area contributed by atoms with Crippen molar-refractivity contribution in [3.63, 3.8) is 0 Å². The second-order valence-corrected chi connectivity index (χ2v) is 13.2. The number of imide groups is 1. The largest absolute Gasteiger partial charge is 0.459 e. The Morgan fingerprint density at radius 1 is 1.00 bits per heavy atom. The summed E-state index contributed by atoms with van der Waals surface area (Å²) in [6.07, 6.45) is 4.61. The maximum Gasteiger partial charge on any atom is 0.325 e. The predicted molar refractivity (Wildman–Crippen MR) is 158 cm³/mol. The average Bonchev–Trinajstić information content (AvgIpc) is 3.52. The number of rotatable bonds is 3. The van der Waals surface area contributed by atoms with Gasteiger partial charge in [0.05, 0.1) is 22.2 Å². The highest BCUT2D eigenvalue weighted by molar-refractivity contribution is 6.50. The summed E-state index contributed by atoms with van der Waals surface area (Å²) in [5, 5.41) is 7.24. The lowest BCUT2D eigenvalue weighted by atomic mass is 9.78. The Balaban J connectivity index is 1.40. The summed E-state index contributed by atoms with van der Waals surface area (Å²) in [5.41, 5.74) is 4.52. The van der Waals surface area contributed by atoms with E-state index in [1.165, 1.54) is 6.07 Å². The molecule has 0 aliphatic carbocycles. The molecule has 2 amide bonds. The fraction of sp³-hybridized carbons (Fsp3) is 0.364. The number of amides is 2. The van der Waals surface area contributed by atoms with Crippen molar-refractivity contribution in [1.82, 2.24) is 19.8 Å². The molecule has 0 saturated carbocycles. The van der Waals surface area contributed by atoms with Crippen molar-refractivity contribution >= 4 is 50.7 Å². The van der Waals surface area contributed by atoms with Crippen LogP contribution in [0.4, 0.5) is 4.39 Å². The molecule has 4 aromatic rings. The van der Waals surface area contributed by atoms with Crippen LogP contribution in [-0.2, 0) is 44.2 Å². The van der Waals surface area contributed by atoms with E-state index in [0.717, 1.165) is 40.5 Å². The van der Waals surface area contributed by atoms with E-state index in [0.29, 0.717) is 29.6 Å². The first-order chi connectivity index (χ1) is 19.8. The van der Waals surface area contributed by atoms with Crippen LogP contribution in [0.15, 0.2) is 42.7 Å². The maximum atomic E-state index is 15.0. The van der Waals surface area contributed by atoms with E-state index in [9.17, 15) is 14.4 Å². The molecule has 1 atom stereocenters. The van der Waals surface area contributed by atoms with Gasteiger partial charge in [-0.2, -0.15) is 0 Å². The fourth-order valence-electron chi connectivity index (χ4n) is 6.74. The zero-order valence-electron chi connectivity index (χ0n) is 24.4. The second-order valence-electron chi connectivity index (χ2n) is 13.2. The fourth-order valence-corrected chi connectivity index (χ4v) is 6.74. The number of aromatic nitrogens is 2. The molecule has 0 radical (unpaired) electrons. The Morgan fingerprint density at radius 2 is 1.74 bits per heavy atom. The Bertz CT molecular complexity index is 1900. The van der Waals surface area contributed by atoms with E-state index >= 15 is 4.39 Å². The summed E-state index contributed by atoms with van der Waals surface area (Å²) in [4.78, 5) is 39.8. The summed E-state index contributed by atoms with van der Waals surface area (Å²) >= 11 is 0. The van der Waals surface area contributed by atoms with Gasteiger partial charge in [0.25, 0.3) is 11.8 Å². The SMILES string of the molecule is CC(C)(C)OC(=O)C1Cn2ccc3c(C4=C(c5cn6c7c(cc(F)cc57)C(C)(C)CC6)C(=O)NC4=O)ccc(c32)CN1. The second kappa shape index (κ2) is 8.88. The van der Waals surface area contributed by atoms with Crippen molar-refractivity contribution in [2.24, 2.45) is 0 Å². The smallest absolute Gasteiger partial charge is 0.325 e. The van der Waals surface area contributed by atoms with Crippen molar-refractivity contribution in [1.29, 1.82) is 0 Å². The predicted octanol–water partition coefficient (Wildman–Crippen LogP) is 4.80. The molecule has 216 valence electrons. The molecule has 2 aromatic heterocycles. The Labute approximate surface area is 242 Å². The number of benzene rings is 2. The third-order valence-electron chi connectivity index (χ3n) is 8.73. The number of hydrogen-bond acceptors (Lipinski definition) is 5. The van der Waals surface area contributed by atoms with Crippen LogP contribution >= 0.6 is 0 Å². The van der Waals surface area contributed by atoms with E-state index in [1.807, 2.05) is 55.9 Å². The molecule has 1 unspecified atom stereocenters. The van der Waals surface area contributed by atoms with Crippen molar-refractivity contribution < 1.29 is 23.5 Å². The minimum Gasteiger partial charge on any atom is -0.459 e. The molecule has 0 bridgehead atoms. The van der Waals surface area contributed by atoms with E-state index in [4.69, 9.17) is 4.74 Å². The Hall–Kier alpha value is -4.24. The Kier molecular flexibility index (Phi) is 5.63. The molecule has 0 spiro atoms. The van der Waals surface area contributed by atoms with Crippen LogP contribution in [0.3, 0.4) is 0 Å². The van der Waals surface area contributed by atoms with Crippen molar-refractivity contribution in [2.75, 3.05) is 0 Å². The molecule has 3 aliphatic heterocycles. The van der Waals surface area contributed by atoms with Gasteiger partial charge < -0.3 is 13.9 Å². The first kappa shape index (κ1) is 26.6. The highest BCUT2D eigenvalue weighted by Gasteiger charge is 2.38. The number of aryl methyl sites for hydroxylation is 1. The number of halogens is 1. The quantitative estimate of drug-likeness (QED) is 0.274. The van der Waals surface area contributed by atoms with E-state index in [2.05, 4.69) is 29.0 Å². The van der Waals surface area contributed by atoms with Gasteiger partial charge in [-0.25, -0.2) is 4.39 Å². The average molecular weight is 569 g/mol. The molecule has 9 heteroatoms. The monoisotopic (exact) mass is 568 g/mol. The van der Waals surface area contributed by atoms with Crippen molar-refractivity contribution in [3.8, 4) is 0 Å². The summed E-state index contributed by atoms with van der Waals surface area (Å²) in [6, 6.07) is 8.21. The zero-order chi connectivity index (χ0) is 29.7. The van der Waals surface area contributed by atoms with E-state index < -0.39 is 23.5 Å². The summed E-state index contributed by atoms with van der Waals surface area (Å²) in [7, 11) is 0. The molecule has 0 fully saturated rings. The maximum absolute atomic E-state index is 15.0. The molecule has 2 aromatic carbocycles. The van der Waals surface area contributed by atoms with E-state index in [1.54, 1.807) is 6.07 Å². The van der Waals surface area contributed by atoms with Gasteiger partial charge in [0, 0.05) is 48.4 Å². The lowest BCUT2D eigenvalue weighted by Gasteiger charge is -2.31. The van der Waals surface area contributed by atoms with Crippen LogP contribution in [0.2, 0.25) is 0 Å². The first-order valence-electron chi connectivity index (χ1n) is 14.3. The van der Waals surface area contributed by atoms with Gasteiger partial charge in [-0.05, 0) is 67.5 Å². The summed E-state index contributed by atoms with van der Waals surface area (Å²) in [6.45, 7) is 11.3. The molecular weight excluding hydrogens is 535 g/mol. The minimum absolute atomic E-state index is 0.223. The molecule has 2 N–H and O–H groups in total. The van der Waals surface area contributed by atoms with Crippen LogP contribution < -0.4 is 10.6 Å². The van der Waals surface area contributed by atoms with Crippen LogP contribution in [0.25, 0.3) is 33.0 Å². The standard InChI is InChI=1S/C33H33FN4O4/c1-32(2,3)42-31(41)24-16-37-10-8-20-19(7-6-17(14-35-24)27(20)37)25-26(30(40)36-29(25)39)22-15-38-11-9-33(4,5)23-13-18(34)12-21(22)28(23)38/h6-8,10,12-13,15,24,35H,9,11,14,16H2,1-5H3,(H,36,39,40). The third-order valence-corrected chi connectivity index (χ3v) is 8.73. The summed E-state index contributed by atoms with van der Waals surface area (Å²) in [5.74, 6) is -1.67. The van der Waals surface area contributed by atoms with Gasteiger partial charge >= 0.3 is 5.97 Å². The van der Waals surface area contributed by atoms with Crippen LogP contribution in [0.1, 0.15) is 63.3 Å². The lowest BCUT2D eigenvalue weighted by molar-refractivity contribution is -0.157. The number of nitrogens with zero attached hydrogens (tertiary/aromatic N) is 2. The van der Waals surface area contributed by atoms with Gasteiger partial charge in [-0.1, -0.05) is 26.0 Å². The van der Waals surface area contributed by atoms with Crippen molar-refractivity contribution in [2.45, 2.75) is 77.7 Å². The van der Waals surface area contributed by atoms with Gasteiger partial charge in [0.1, 0.15) is 17.5 Å². The first-order valence-corrected chi connectivity index (χ1v) is 14.3. The number of ether oxygens (including phenoxy) is 1. The van der Waals surface area contributed by atoms with Crippen LogP contribution in [-0.4, -0.2) is 38.6 Å². The molecule has 3 aliphatic rings. The molecule has 0 saturated heterocycles. The molecule has 8 nitrogen and oxygen atoms in total. The number of esters is 1. The highest BCUT2D eigenvalue weighted by Crippen LogP contribution is 2.44. The van der Waals surface area contributed by atoms with Gasteiger partial charge in [-0.3, -0.25) is 25.0 Å². The van der Waals surface area contributed by atoms with Gasteiger partial charge in [0.15, 0.2) is 0 Å². The topological polar surface area (TPSA) is 94.4 Å². The lowest BCUT2D eigenvalue weighted by Crippen LogP contribution is -2.42. The van der Waals surface area contributed by atoms with Gasteiger partial charge in [-0.15, -0.1) is 0 Å². The summed E-state index contributed by atoms with van der Waals surface area (Å²) < 4.78 is 24.7. The number of carbonyl (C=O) groups is 3. The number of nitrogens with one attached hydrogen (secondary N) is 2. The molecule has 5 heterocycles.